The van der Waals surface area contributed by atoms with Crippen molar-refractivity contribution in [3.8, 4) is 23.3 Å². The average Bonchev–Trinajstić information content (AvgIpc) is 2.93. The van der Waals surface area contributed by atoms with Crippen molar-refractivity contribution in [1.29, 1.82) is 10.5 Å². The third-order valence-electron chi connectivity index (χ3n) is 3.51. The zero-order valence-electron chi connectivity index (χ0n) is 11.6. The third-order valence-corrected chi connectivity index (χ3v) is 3.51. The molecule has 0 unspecified atom stereocenters. The van der Waals surface area contributed by atoms with E-state index in [0.717, 1.165) is 16.5 Å². The molecular weight excluding hydrogens is 262 g/mol. The molecule has 0 aliphatic heterocycles. The fourth-order valence-corrected chi connectivity index (χ4v) is 2.51. The molecule has 0 bridgehead atoms. The second kappa shape index (κ2) is 4.73. The van der Waals surface area contributed by atoms with Crippen LogP contribution in [-0.4, -0.2) is 15.2 Å². The highest BCUT2D eigenvalue weighted by Crippen LogP contribution is 2.31. The topological polar surface area (TPSA) is 89.2 Å². The SMILES string of the molecule is Cc1nc(C)c(C#N)c(-c2ccc3[nH]ncc3c2)c1C#N. The Labute approximate surface area is 121 Å². The van der Waals surface area contributed by atoms with Crippen LogP contribution in [0.15, 0.2) is 24.4 Å². The lowest BCUT2D eigenvalue weighted by Gasteiger charge is -2.11. The van der Waals surface area contributed by atoms with E-state index in [2.05, 4.69) is 27.3 Å². The van der Waals surface area contributed by atoms with Crippen LogP contribution in [0.25, 0.3) is 22.0 Å². The van der Waals surface area contributed by atoms with Crippen molar-refractivity contribution in [2.45, 2.75) is 13.8 Å². The molecule has 100 valence electrons. The normalized spacial score (nSPS) is 10.3. The van der Waals surface area contributed by atoms with E-state index in [1.807, 2.05) is 18.2 Å². The van der Waals surface area contributed by atoms with Gasteiger partial charge in [0, 0.05) is 10.9 Å². The van der Waals surface area contributed by atoms with Gasteiger partial charge in [0.1, 0.15) is 12.1 Å². The first-order valence-corrected chi connectivity index (χ1v) is 6.40. The van der Waals surface area contributed by atoms with Crippen molar-refractivity contribution in [2.75, 3.05) is 0 Å². The quantitative estimate of drug-likeness (QED) is 0.738. The fraction of sp³-hybridized carbons (Fsp3) is 0.125. The number of aromatic nitrogens is 3. The van der Waals surface area contributed by atoms with E-state index in [0.29, 0.717) is 28.1 Å². The number of aromatic amines is 1. The summed E-state index contributed by atoms with van der Waals surface area (Å²) in [5.41, 5.74) is 4.55. The maximum Gasteiger partial charge on any atom is 0.102 e. The summed E-state index contributed by atoms with van der Waals surface area (Å²) in [6, 6.07) is 10.0. The van der Waals surface area contributed by atoms with Crippen LogP contribution in [0, 0.1) is 36.5 Å². The molecule has 5 heteroatoms. The number of nitrogens with one attached hydrogen (secondary N) is 1. The van der Waals surface area contributed by atoms with Gasteiger partial charge in [-0.2, -0.15) is 15.6 Å². The molecule has 3 aromatic rings. The van der Waals surface area contributed by atoms with Crippen molar-refractivity contribution >= 4 is 10.9 Å². The first-order chi connectivity index (χ1) is 10.2. The highest BCUT2D eigenvalue weighted by Gasteiger charge is 2.17. The van der Waals surface area contributed by atoms with Crippen LogP contribution in [0.3, 0.4) is 0 Å². The van der Waals surface area contributed by atoms with Gasteiger partial charge in [-0.25, -0.2) is 0 Å². The second-order valence-corrected chi connectivity index (χ2v) is 4.80. The van der Waals surface area contributed by atoms with Crippen LogP contribution in [0.4, 0.5) is 0 Å². The molecule has 5 nitrogen and oxygen atoms in total. The largest absolute Gasteiger partial charge is 0.278 e. The monoisotopic (exact) mass is 273 g/mol. The zero-order chi connectivity index (χ0) is 15.0. The number of pyridine rings is 1. The average molecular weight is 273 g/mol. The van der Waals surface area contributed by atoms with Gasteiger partial charge in [0.25, 0.3) is 0 Å². The molecule has 0 saturated heterocycles. The summed E-state index contributed by atoms with van der Waals surface area (Å²) in [6.45, 7) is 3.57. The fourth-order valence-electron chi connectivity index (χ4n) is 2.51. The molecule has 0 aliphatic rings. The van der Waals surface area contributed by atoms with Crippen molar-refractivity contribution in [3.63, 3.8) is 0 Å². The van der Waals surface area contributed by atoms with Crippen molar-refractivity contribution in [3.05, 3.63) is 46.9 Å². The Kier molecular flexibility index (Phi) is 2.89. The van der Waals surface area contributed by atoms with Gasteiger partial charge in [0.05, 0.1) is 34.2 Å². The van der Waals surface area contributed by atoms with Crippen LogP contribution in [0.2, 0.25) is 0 Å². The summed E-state index contributed by atoms with van der Waals surface area (Å²) < 4.78 is 0. The van der Waals surface area contributed by atoms with Crippen LogP contribution in [0.1, 0.15) is 22.5 Å². The van der Waals surface area contributed by atoms with E-state index in [1.54, 1.807) is 20.0 Å². The summed E-state index contributed by atoms with van der Waals surface area (Å²) in [7, 11) is 0. The Morgan fingerprint density at radius 1 is 1.05 bits per heavy atom. The lowest BCUT2D eigenvalue weighted by molar-refractivity contribution is 1.10. The minimum atomic E-state index is 0.444. The molecule has 0 spiro atoms. The van der Waals surface area contributed by atoms with E-state index in [-0.39, 0.29) is 0 Å². The van der Waals surface area contributed by atoms with E-state index in [4.69, 9.17) is 0 Å². The first kappa shape index (κ1) is 12.8. The number of aryl methyl sites for hydroxylation is 2. The van der Waals surface area contributed by atoms with E-state index < -0.39 is 0 Å². The molecule has 0 atom stereocenters. The Balaban J connectivity index is 2.40. The molecular formula is C16H11N5. The second-order valence-electron chi connectivity index (χ2n) is 4.80. The minimum Gasteiger partial charge on any atom is -0.278 e. The van der Waals surface area contributed by atoms with Crippen molar-refractivity contribution in [2.24, 2.45) is 0 Å². The smallest absolute Gasteiger partial charge is 0.102 e. The van der Waals surface area contributed by atoms with E-state index in [9.17, 15) is 10.5 Å². The highest BCUT2D eigenvalue weighted by atomic mass is 15.1. The van der Waals surface area contributed by atoms with Crippen LogP contribution < -0.4 is 0 Å². The maximum atomic E-state index is 9.43. The molecule has 0 radical (unpaired) electrons. The van der Waals surface area contributed by atoms with Crippen LogP contribution in [0.5, 0.6) is 0 Å². The molecule has 2 heterocycles. The Hall–Kier alpha value is -3.18. The van der Waals surface area contributed by atoms with Crippen LogP contribution >= 0.6 is 0 Å². The number of rotatable bonds is 1. The minimum absolute atomic E-state index is 0.444. The van der Waals surface area contributed by atoms with Gasteiger partial charge in [-0.05, 0) is 31.5 Å². The summed E-state index contributed by atoms with van der Waals surface area (Å²) in [5.74, 6) is 0. The summed E-state index contributed by atoms with van der Waals surface area (Å²) in [5, 5.41) is 26.7. The summed E-state index contributed by atoms with van der Waals surface area (Å²) in [6.07, 6.45) is 1.72. The summed E-state index contributed by atoms with van der Waals surface area (Å²) >= 11 is 0. The molecule has 3 rings (SSSR count). The number of fused-ring (bicyclic) bond motifs is 1. The molecule has 1 aromatic carbocycles. The number of nitriles is 2. The molecule has 0 saturated carbocycles. The molecule has 0 aliphatic carbocycles. The van der Waals surface area contributed by atoms with Crippen LogP contribution in [-0.2, 0) is 0 Å². The molecule has 0 fully saturated rings. The Morgan fingerprint density at radius 3 is 2.33 bits per heavy atom. The predicted molar refractivity (Wildman–Crippen MR) is 78.2 cm³/mol. The standard InChI is InChI=1S/C16H11N5/c1-9-13(6-17)16(14(7-18)10(2)20-9)11-3-4-15-12(5-11)8-19-21-15/h3-5,8H,1-2H3,(H,19,21). The molecule has 0 amide bonds. The van der Waals surface area contributed by atoms with Crippen molar-refractivity contribution < 1.29 is 0 Å². The van der Waals surface area contributed by atoms with Gasteiger partial charge >= 0.3 is 0 Å². The molecule has 21 heavy (non-hydrogen) atoms. The summed E-state index contributed by atoms with van der Waals surface area (Å²) in [4.78, 5) is 4.29. The Bertz CT molecular complexity index is 899. The Morgan fingerprint density at radius 2 is 1.71 bits per heavy atom. The van der Waals surface area contributed by atoms with Crippen molar-refractivity contribution in [1.82, 2.24) is 15.2 Å². The number of hydrogen-bond donors (Lipinski definition) is 1. The predicted octanol–water partition coefficient (Wildman–Crippen LogP) is 2.99. The number of benzene rings is 1. The maximum absolute atomic E-state index is 9.43. The van der Waals surface area contributed by atoms with Gasteiger partial charge < -0.3 is 0 Å². The lowest BCUT2D eigenvalue weighted by atomic mass is 9.93. The molecule has 1 N–H and O–H groups in total. The van der Waals surface area contributed by atoms with Gasteiger partial charge in [-0.3, -0.25) is 10.1 Å². The zero-order valence-corrected chi connectivity index (χ0v) is 11.6. The van der Waals surface area contributed by atoms with Gasteiger partial charge in [-0.15, -0.1) is 0 Å². The number of hydrogen-bond acceptors (Lipinski definition) is 4. The number of nitrogens with zero attached hydrogens (tertiary/aromatic N) is 4. The van der Waals surface area contributed by atoms with Gasteiger partial charge in [0.15, 0.2) is 0 Å². The highest BCUT2D eigenvalue weighted by molar-refractivity contribution is 5.87. The first-order valence-electron chi connectivity index (χ1n) is 6.40. The lowest BCUT2D eigenvalue weighted by Crippen LogP contribution is -2.00. The van der Waals surface area contributed by atoms with Gasteiger partial charge in [-0.1, -0.05) is 6.07 Å². The van der Waals surface area contributed by atoms with E-state index >= 15 is 0 Å². The van der Waals surface area contributed by atoms with Gasteiger partial charge in [0.2, 0.25) is 0 Å². The third kappa shape index (κ3) is 1.92. The number of H-pyrrole nitrogens is 1. The molecule has 2 aromatic heterocycles. The van der Waals surface area contributed by atoms with E-state index in [1.165, 1.54) is 0 Å².